The van der Waals surface area contributed by atoms with Crippen LogP contribution >= 0.6 is 0 Å². The Kier molecular flexibility index (Phi) is 2.02. The summed E-state index contributed by atoms with van der Waals surface area (Å²) in [5, 5.41) is 3.45. The van der Waals surface area contributed by atoms with Crippen LogP contribution in [0.1, 0.15) is 31.4 Å². The first-order valence-corrected chi connectivity index (χ1v) is 5.63. The van der Waals surface area contributed by atoms with Gasteiger partial charge in [-0.15, -0.1) is 0 Å². The Bertz CT molecular complexity index is 340. The fourth-order valence-corrected chi connectivity index (χ4v) is 2.93. The molecule has 0 aliphatic carbocycles. The summed E-state index contributed by atoms with van der Waals surface area (Å²) < 4.78 is 14.7. The Morgan fingerprint density at radius 2 is 2.00 bits per heavy atom. The van der Waals surface area contributed by atoms with Crippen molar-refractivity contribution in [2.75, 3.05) is 0 Å². The van der Waals surface area contributed by atoms with Crippen molar-refractivity contribution in [1.29, 1.82) is 0 Å². The quantitative estimate of drug-likeness (QED) is 0.761. The fourth-order valence-electron chi connectivity index (χ4n) is 2.93. The van der Waals surface area contributed by atoms with Gasteiger partial charge in [0.15, 0.2) is 5.67 Å². The van der Waals surface area contributed by atoms with Gasteiger partial charge in [-0.3, -0.25) is 4.98 Å². The summed E-state index contributed by atoms with van der Waals surface area (Å²) in [5.74, 6) is 0. The highest BCUT2D eigenvalue weighted by Crippen LogP contribution is 2.42. The molecule has 0 spiro atoms. The number of piperidine rings is 1. The topological polar surface area (TPSA) is 24.9 Å². The van der Waals surface area contributed by atoms with Gasteiger partial charge < -0.3 is 5.32 Å². The highest BCUT2D eigenvalue weighted by Gasteiger charge is 2.45. The molecule has 3 rings (SSSR count). The van der Waals surface area contributed by atoms with Crippen LogP contribution in [-0.4, -0.2) is 17.1 Å². The minimum atomic E-state index is -1.20. The van der Waals surface area contributed by atoms with Gasteiger partial charge in [-0.1, -0.05) is 6.07 Å². The van der Waals surface area contributed by atoms with E-state index >= 15 is 0 Å². The van der Waals surface area contributed by atoms with E-state index in [0.717, 1.165) is 12.8 Å². The van der Waals surface area contributed by atoms with Crippen molar-refractivity contribution in [2.24, 2.45) is 0 Å². The van der Waals surface area contributed by atoms with Crippen LogP contribution in [0.15, 0.2) is 24.4 Å². The summed E-state index contributed by atoms with van der Waals surface area (Å²) >= 11 is 0. The zero-order valence-electron chi connectivity index (χ0n) is 8.62. The lowest BCUT2D eigenvalue weighted by molar-refractivity contribution is 0.0826. The van der Waals surface area contributed by atoms with Gasteiger partial charge >= 0.3 is 0 Å². The van der Waals surface area contributed by atoms with E-state index in [1.54, 1.807) is 6.20 Å². The van der Waals surface area contributed by atoms with Crippen molar-refractivity contribution in [2.45, 2.75) is 43.4 Å². The highest BCUT2D eigenvalue weighted by molar-refractivity contribution is 5.17. The molecule has 2 unspecified atom stereocenters. The second-order valence-electron chi connectivity index (χ2n) is 4.73. The molecule has 2 fully saturated rings. The summed E-state index contributed by atoms with van der Waals surface area (Å²) in [7, 11) is 0. The molecule has 2 nitrogen and oxygen atoms in total. The van der Waals surface area contributed by atoms with Gasteiger partial charge in [-0.05, 0) is 25.0 Å². The normalized spacial score (nSPS) is 39.3. The van der Waals surface area contributed by atoms with Gasteiger partial charge in [0.05, 0.1) is 5.69 Å². The molecule has 2 saturated heterocycles. The second-order valence-corrected chi connectivity index (χ2v) is 4.73. The third-order valence-corrected chi connectivity index (χ3v) is 3.60. The summed E-state index contributed by atoms with van der Waals surface area (Å²) in [5.41, 5.74) is -0.582. The first kappa shape index (κ1) is 9.28. The monoisotopic (exact) mass is 206 g/mol. The molecule has 1 aromatic rings. The van der Waals surface area contributed by atoms with E-state index in [1.165, 1.54) is 0 Å². The molecule has 2 aliphatic heterocycles. The third-order valence-electron chi connectivity index (χ3n) is 3.60. The first-order chi connectivity index (χ1) is 7.26. The van der Waals surface area contributed by atoms with Gasteiger partial charge in [-0.25, -0.2) is 4.39 Å². The smallest absolute Gasteiger partial charge is 0.155 e. The molecule has 15 heavy (non-hydrogen) atoms. The van der Waals surface area contributed by atoms with E-state index < -0.39 is 5.67 Å². The number of halogens is 1. The summed E-state index contributed by atoms with van der Waals surface area (Å²) in [6.07, 6.45) is 5.08. The van der Waals surface area contributed by atoms with Crippen LogP contribution in [-0.2, 0) is 5.67 Å². The largest absolute Gasteiger partial charge is 0.311 e. The average molecular weight is 206 g/mol. The minimum Gasteiger partial charge on any atom is -0.311 e. The molecule has 1 aromatic heterocycles. The fraction of sp³-hybridized carbons (Fsp3) is 0.583. The predicted molar refractivity (Wildman–Crippen MR) is 56.2 cm³/mol. The molecule has 1 N–H and O–H groups in total. The van der Waals surface area contributed by atoms with Crippen molar-refractivity contribution in [1.82, 2.24) is 10.3 Å². The standard InChI is InChI=1S/C12H15FN2/c13-12(11-3-1-2-6-14-11)7-9-4-5-10(8-12)15-9/h1-3,6,9-10,15H,4-5,7-8H2. The SMILES string of the molecule is FC1(c2ccccn2)CC2CCC(C1)N2. The van der Waals surface area contributed by atoms with Crippen LogP contribution in [0.2, 0.25) is 0 Å². The van der Waals surface area contributed by atoms with Crippen LogP contribution in [0.5, 0.6) is 0 Å². The molecule has 80 valence electrons. The molecular weight excluding hydrogens is 191 g/mol. The molecule has 0 aromatic carbocycles. The zero-order valence-corrected chi connectivity index (χ0v) is 8.62. The zero-order chi connectivity index (χ0) is 10.3. The predicted octanol–water partition coefficient (Wildman–Crippen LogP) is 2.16. The van der Waals surface area contributed by atoms with E-state index in [0.29, 0.717) is 30.6 Å². The Hall–Kier alpha value is -0.960. The number of nitrogens with one attached hydrogen (secondary N) is 1. The van der Waals surface area contributed by atoms with Gasteiger partial charge in [0.2, 0.25) is 0 Å². The lowest BCUT2D eigenvalue weighted by Crippen LogP contribution is -2.44. The molecule has 2 bridgehead atoms. The van der Waals surface area contributed by atoms with Gasteiger partial charge in [-0.2, -0.15) is 0 Å². The summed E-state index contributed by atoms with van der Waals surface area (Å²) in [6.45, 7) is 0. The van der Waals surface area contributed by atoms with Crippen LogP contribution in [0.4, 0.5) is 4.39 Å². The van der Waals surface area contributed by atoms with E-state index in [1.807, 2.05) is 18.2 Å². The molecule has 0 amide bonds. The molecule has 0 saturated carbocycles. The van der Waals surface area contributed by atoms with Crippen molar-refractivity contribution in [3.63, 3.8) is 0 Å². The van der Waals surface area contributed by atoms with Crippen molar-refractivity contribution in [3.05, 3.63) is 30.1 Å². The van der Waals surface area contributed by atoms with E-state index in [-0.39, 0.29) is 0 Å². The van der Waals surface area contributed by atoms with Crippen LogP contribution in [0.3, 0.4) is 0 Å². The van der Waals surface area contributed by atoms with Gasteiger partial charge in [0.1, 0.15) is 0 Å². The van der Waals surface area contributed by atoms with Crippen molar-refractivity contribution in [3.8, 4) is 0 Å². The molecule has 0 radical (unpaired) electrons. The number of aromatic nitrogens is 1. The molecule has 3 heterocycles. The molecule has 3 heteroatoms. The maximum absolute atomic E-state index is 14.7. The maximum atomic E-state index is 14.7. The van der Waals surface area contributed by atoms with Crippen LogP contribution < -0.4 is 5.32 Å². The summed E-state index contributed by atoms with van der Waals surface area (Å²) in [6, 6.07) is 6.23. The first-order valence-electron chi connectivity index (χ1n) is 5.63. The van der Waals surface area contributed by atoms with Crippen molar-refractivity contribution >= 4 is 0 Å². The Labute approximate surface area is 88.9 Å². The van der Waals surface area contributed by atoms with E-state index in [9.17, 15) is 4.39 Å². The van der Waals surface area contributed by atoms with Crippen molar-refractivity contribution < 1.29 is 4.39 Å². The number of alkyl halides is 1. The van der Waals surface area contributed by atoms with Gasteiger partial charge in [0, 0.05) is 31.1 Å². The number of nitrogens with zero attached hydrogens (tertiary/aromatic N) is 1. The maximum Gasteiger partial charge on any atom is 0.155 e. The Morgan fingerprint density at radius 1 is 1.27 bits per heavy atom. The number of rotatable bonds is 1. The second kappa shape index (κ2) is 3.27. The Morgan fingerprint density at radius 3 is 2.60 bits per heavy atom. The number of hydrogen-bond donors (Lipinski definition) is 1. The van der Waals surface area contributed by atoms with Crippen LogP contribution in [0, 0.1) is 0 Å². The molecule has 2 atom stereocenters. The average Bonchev–Trinajstić information content (AvgIpc) is 2.60. The minimum absolute atomic E-state index is 0.357. The number of pyridine rings is 1. The van der Waals surface area contributed by atoms with E-state index in [4.69, 9.17) is 0 Å². The third kappa shape index (κ3) is 1.55. The summed E-state index contributed by atoms with van der Waals surface area (Å²) in [4.78, 5) is 4.17. The van der Waals surface area contributed by atoms with Gasteiger partial charge in [0.25, 0.3) is 0 Å². The highest BCUT2D eigenvalue weighted by atomic mass is 19.1. The lowest BCUT2D eigenvalue weighted by atomic mass is 9.86. The van der Waals surface area contributed by atoms with E-state index in [2.05, 4.69) is 10.3 Å². The lowest BCUT2D eigenvalue weighted by Gasteiger charge is -2.34. The Balaban J connectivity index is 1.91. The number of fused-ring (bicyclic) bond motifs is 2. The molecule has 2 aliphatic rings. The number of hydrogen-bond acceptors (Lipinski definition) is 2. The van der Waals surface area contributed by atoms with Crippen LogP contribution in [0.25, 0.3) is 0 Å². The molecular formula is C12H15FN2.